The lowest BCUT2D eigenvalue weighted by Crippen LogP contribution is -2.26. The summed E-state index contributed by atoms with van der Waals surface area (Å²) >= 11 is 0. The maximum Gasteiger partial charge on any atom is 0.261 e. The van der Waals surface area contributed by atoms with E-state index >= 15 is 0 Å². The number of hydrogen-bond donors (Lipinski definition) is 2. The van der Waals surface area contributed by atoms with Crippen LogP contribution in [0.25, 0.3) is 5.69 Å². The predicted molar refractivity (Wildman–Crippen MR) is 128 cm³/mol. The number of carbonyl (C=O) groups excluding carboxylic acids is 1. The average Bonchev–Trinajstić information content (AvgIpc) is 3.34. The van der Waals surface area contributed by atoms with Crippen LogP contribution in [-0.4, -0.2) is 23.9 Å². The van der Waals surface area contributed by atoms with Gasteiger partial charge in [0.15, 0.2) is 0 Å². The Balaban J connectivity index is 1.44. The lowest BCUT2D eigenvalue weighted by atomic mass is 10.1. The fourth-order valence-electron chi connectivity index (χ4n) is 3.37. The first kappa shape index (κ1) is 22.3. The summed E-state index contributed by atoms with van der Waals surface area (Å²) in [6.07, 6.45) is 5.30. The van der Waals surface area contributed by atoms with E-state index in [0.29, 0.717) is 11.3 Å². The molecule has 8 heteroatoms. The van der Waals surface area contributed by atoms with Gasteiger partial charge in [0.1, 0.15) is 0 Å². The number of nitrogens with zero attached hydrogens (tertiary/aromatic N) is 2. The first-order chi connectivity index (χ1) is 15.8. The highest BCUT2D eigenvalue weighted by Gasteiger charge is 2.16. The van der Waals surface area contributed by atoms with Gasteiger partial charge in [-0.1, -0.05) is 35.9 Å². The molecule has 0 aliphatic carbocycles. The number of imidazole rings is 1. The van der Waals surface area contributed by atoms with Crippen molar-refractivity contribution in [2.24, 2.45) is 0 Å². The lowest BCUT2D eigenvalue weighted by Gasteiger charge is -2.16. The molecule has 0 aliphatic rings. The van der Waals surface area contributed by atoms with Gasteiger partial charge in [0.05, 0.1) is 17.3 Å². The molecule has 0 saturated heterocycles. The number of nitrogens with one attached hydrogen (secondary N) is 2. The number of rotatable bonds is 7. The van der Waals surface area contributed by atoms with Crippen LogP contribution in [0.15, 0.2) is 96.4 Å². The van der Waals surface area contributed by atoms with Gasteiger partial charge < -0.3 is 9.88 Å². The van der Waals surface area contributed by atoms with E-state index < -0.39 is 10.0 Å². The second-order valence-corrected chi connectivity index (χ2v) is 9.44. The molecule has 4 aromatic rings. The molecule has 0 bridgehead atoms. The van der Waals surface area contributed by atoms with Crippen LogP contribution >= 0.6 is 0 Å². The van der Waals surface area contributed by atoms with Crippen molar-refractivity contribution < 1.29 is 13.2 Å². The molecule has 168 valence electrons. The quantitative estimate of drug-likeness (QED) is 0.425. The van der Waals surface area contributed by atoms with Gasteiger partial charge >= 0.3 is 0 Å². The number of aryl methyl sites for hydroxylation is 1. The van der Waals surface area contributed by atoms with Crippen molar-refractivity contribution in [1.29, 1.82) is 0 Å². The first-order valence-corrected chi connectivity index (χ1v) is 11.9. The normalized spacial score (nSPS) is 12.2. The molecule has 2 N–H and O–H groups in total. The number of sulfonamides is 1. The fraction of sp³-hybridized carbons (Fsp3) is 0.120. The van der Waals surface area contributed by atoms with Gasteiger partial charge in [-0.05, 0) is 61.9 Å². The Labute approximate surface area is 193 Å². The van der Waals surface area contributed by atoms with Crippen molar-refractivity contribution in [3.05, 3.63) is 108 Å². The minimum atomic E-state index is -3.75. The molecule has 0 spiro atoms. The number of carbonyl (C=O) groups is 1. The van der Waals surface area contributed by atoms with E-state index in [1.54, 1.807) is 55.0 Å². The third-order valence-corrected chi connectivity index (χ3v) is 6.65. The van der Waals surface area contributed by atoms with Crippen LogP contribution in [0, 0.1) is 6.92 Å². The SMILES string of the molecule is Cc1ccc(S(=O)(=O)Nc2cccc(C(=O)N[C@H](C)c3ccc(-n4ccnc4)cc3)c2)cc1. The molecule has 33 heavy (non-hydrogen) atoms. The van der Waals surface area contributed by atoms with Crippen molar-refractivity contribution in [2.45, 2.75) is 24.8 Å². The molecule has 1 heterocycles. The number of benzene rings is 3. The standard InChI is InChI=1S/C25H24N4O3S/c1-18-6-12-24(13-7-18)33(31,32)28-22-5-3-4-21(16-22)25(30)27-19(2)20-8-10-23(11-9-20)29-15-14-26-17-29/h3-17,19,28H,1-2H3,(H,27,30)/t19-/m1/s1. The summed E-state index contributed by atoms with van der Waals surface area (Å²) in [4.78, 5) is 17.0. The van der Waals surface area contributed by atoms with Gasteiger partial charge in [0.25, 0.3) is 15.9 Å². The zero-order valence-electron chi connectivity index (χ0n) is 18.3. The zero-order valence-corrected chi connectivity index (χ0v) is 19.1. The molecule has 7 nitrogen and oxygen atoms in total. The van der Waals surface area contributed by atoms with Gasteiger partial charge in [-0.15, -0.1) is 0 Å². The molecule has 1 atom stereocenters. The molecule has 0 fully saturated rings. The summed E-state index contributed by atoms with van der Waals surface area (Å²) in [7, 11) is -3.75. The zero-order chi connectivity index (χ0) is 23.4. The largest absolute Gasteiger partial charge is 0.346 e. The first-order valence-electron chi connectivity index (χ1n) is 10.4. The van der Waals surface area contributed by atoms with E-state index in [0.717, 1.165) is 16.8 Å². The molecule has 0 saturated carbocycles. The highest BCUT2D eigenvalue weighted by atomic mass is 32.2. The van der Waals surface area contributed by atoms with Crippen LogP contribution in [0.2, 0.25) is 0 Å². The van der Waals surface area contributed by atoms with E-state index in [1.165, 1.54) is 6.07 Å². The maximum atomic E-state index is 12.8. The molecule has 1 aromatic heterocycles. The van der Waals surface area contributed by atoms with Gasteiger partial charge in [-0.2, -0.15) is 0 Å². The van der Waals surface area contributed by atoms with Crippen molar-refractivity contribution in [3.63, 3.8) is 0 Å². The van der Waals surface area contributed by atoms with Crippen LogP contribution in [0.4, 0.5) is 5.69 Å². The molecule has 0 radical (unpaired) electrons. The Hall–Kier alpha value is -3.91. The summed E-state index contributed by atoms with van der Waals surface area (Å²) in [5.41, 5.74) is 3.58. The van der Waals surface area contributed by atoms with Gasteiger partial charge in [-0.3, -0.25) is 9.52 Å². The molecule has 3 aromatic carbocycles. The van der Waals surface area contributed by atoms with E-state index in [2.05, 4.69) is 15.0 Å². The Bertz CT molecular complexity index is 1350. The van der Waals surface area contributed by atoms with Gasteiger partial charge in [-0.25, -0.2) is 13.4 Å². The minimum Gasteiger partial charge on any atom is -0.346 e. The van der Waals surface area contributed by atoms with Crippen LogP contribution < -0.4 is 10.0 Å². The van der Waals surface area contributed by atoms with Crippen molar-refractivity contribution in [3.8, 4) is 5.69 Å². The third-order valence-electron chi connectivity index (χ3n) is 5.25. The summed E-state index contributed by atoms with van der Waals surface area (Å²) in [5, 5.41) is 2.96. The Morgan fingerprint density at radius 1 is 1.00 bits per heavy atom. The number of anilines is 1. The summed E-state index contributed by atoms with van der Waals surface area (Å²) in [6.45, 7) is 3.79. The minimum absolute atomic E-state index is 0.163. The Kier molecular flexibility index (Phi) is 6.28. The Morgan fingerprint density at radius 3 is 2.39 bits per heavy atom. The average molecular weight is 461 g/mol. The monoisotopic (exact) mass is 460 g/mol. The van der Waals surface area contributed by atoms with Crippen molar-refractivity contribution in [2.75, 3.05) is 4.72 Å². The second-order valence-electron chi connectivity index (χ2n) is 7.76. The Morgan fingerprint density at radius 2 is 1.73 bits per heavy atom. The molecule has 4 rings (SSSR count). The van der Waals surface area contributed by atoms with Crippen molar-refractivity contribution in [1.82, 2.24) is 14.9 Å². The van der Waals surface area contributed by atoms with Crippen LogP contribution in [0.1, 0.15) is 34.5 Å². The predicted octanol–water partition coefficient (Wildman–Crippen LogP) is 4.47. The molecule has 1 amide bonds. The molecule has 0 unspecified atom stereocenters. The highest BCUT2D eigenvalue weighted by molar-refractivity contribution is 7.92. The van der Waals surface area contributed by atoms with Crippen LogP contribution in [0.5, 0.6) is 0 Å². The smallest absolute Gasteiger partial charge is 0.261 e. The van der Waals surface area contributed by atoms with E-state index in [9.17, 15) is 13.2 Å². The van der Waals surface area contributed by atoms with Gasteiger partial charge in [0.2, 0.25) is 0 Å². The molecule has 0 aliphatic heterocycles. The van der Waals surface area contributed by atoms with E-state index in [1.807, 2.05) is 48.9 Å². The van der Waals surface area contributed by atoms with E-state index in [4.69, 9.17) is 0 Å². The van der Waals surface area contributed by atoms with Gasteiger partial charge in [0, 0.05) is 29.3 Å². The van der Waals surface area contributed by atoms with Crippen LogP contribution in [-0.2, 0) is 10.0 Å². The summed E-state index contributed by atoms with van der Waals surface area (Å²) < 4.78 is 29.7. The van der Waals surface area contributed by atoms with E-state index in [-0.39, 0.29) is 16.8 Å². The topological polar surface area (TPSA) is 93.1 Å². The molecular formula is C25H24N4O3S. The molecular weight excluding hydrogens is 436 g/mol. The number of hydrogen-bond acceptors (Lipinski definition) is 4. The fourth-order valence-corrected chi connectivity index (χ4v) is 4.42. The summed E-state index contributed by atoms with van der Waals surface area (Å²) in [5.74, 6) is -0.294. The highest BCUT2D eigenvalue weighted by Crippen LogP contribution is 2.20. The lowest BCUT2D eigenvalue weighted by molar-refractivity contribution is 0.0940. The van der Waals surface area contributed by atoms with Crippen LogP contribution in [0.3, 0.4) is 0 Å². The second kappa shape index (κ2) is 9.30. The summed E-state index contributed by atoms with van der Waals surface area (Å²) in [6, 6.07) is 20.6. The third kappa shape index (κ3) is 5.30. The maximum absolute atomic E-state index is 12.8. The number of aromatic nitrogens is 2. The van der Waals surface area contributed by atoms with Crippen molar-refractivity contribution >= 4 is 21.6 Å². The number of amides is 1.